The van der Waals surface area contributed by atoms with E-state index in [-0.39, 0.29) is 22.9 Å². The summed E-state index contributed by atoms with van der Waals surface area (Å²) < 4.78 is 40.6. The van der Waals surface area contributed by atoms with Gasteiger partial charge in [0.05, 0.1) is 16.4 Å². The minimum absolute atomic E-state index is 0.178. The van der Waals surface area contributed by atoms with E-state index in [9.17, 15) is 18.0 Å². The molecule has 0 fully saturated rings. The van der Waals surface area contributed by atoms with Crippen LogP contribution >= 0.6 is 11.6 Å². The SMILES string of the molecule is Cc1n[nH]c(C)c1CN(C)C(=O)c1cc(C(F)(F)F)nn1-c1ccccc1Cl. The predicted molar refractivity (Wildman–Crippen MR) is 97.4 cm³/mol. The predicted octanol–water partition coefficient (Wildman–Crippen LogP) is 4.16. The number of nitrogens with zero attached hydrogens (tertiary/aromatic N) is 4. The van der Waals surface area contributed by atoms with Gasteiger partial charge in [-0.2, -0.15) is 23.4 Å². The number of aromatic amines is 1. The first-order chi connectivity index (χ1) is 13.1. The lowest BCUT2D eigenvalue weighted by Crippen LogP contribution is -2.28. The molecule has 3 rings (SSSR count). The summed E-state index contributed by atoms with van der Waals surface area (Å²) in [4.78, 5) is 14.3. The van der Waals surface area contributed by atoms with Crippen LogP contribution < -0.4 is 0 Å². The Bertz CT molecular complexity index is 1010. The number of hydrogen-bond donors (Lipinski definition) is 1. The summed E-state index contributed by atoms with van der Waals surface area (Å²) in [7, 11) is 1.51. The number of hydrogen-bond acceptors (Lipinski definition) is 3. The van der Waals surface area contributed by atoms with E-state index in [1.165, 1.54) is 24.1 Å². The van der Waals surface area contributed by atoms with Gasteiger partial charge in [0.2, 0.25) is 0 Å². The first kappa shape index (κ1) is 19.9. The second-order valence-corrected chi connectivity index (χ2v) is 6.76. The minimum atomic E-state index is -4.70. The molecule has 6 nitrogen and oxygen atoms in total. The van der Waals surface area contributed by atoms with E-state index in [1.54, 1.807) is 19.1 Å². The fraction of sp³-hybridized carbons (Fsp3) is 0.278. The standard InChI is InChI=1S/C18H17ClF3N5O/c1-10-12(11(2)24-23-10)9-26(3)17(28)15-8-16(18(20,21)22)25-27(15)14-7-5-4-6-13(14)19/h4-8H,9H2,1-3H3,(H,23,24). The van der Waals surface area contributed by atoms with Crippen molar-refractivity contribution >= 4 is 17.5 Å². The molecule has 10 heteroatoms. The maximum Gasteiger partial charge on any atom is 0.435 e. The Morgan fingerprint density at radius 3 is 2.54 bits per heavy atom. The molecule has 1 amide bonds. The molecule has 28 heavy (non-hydrogen) atoms. The molecule has 0 aliphatic carbocycles. The van der Waals surface area contributed by atoms with E-state index in [0.717, 1.165) is 22.0 Å². The Labute approximate surface area is 163 Å². The van der Waals surface area contributed by atoms with E-state index in [1.807, 2.05) is 6.92 Å². The van der Waals surface area contributed by atoms with Gasteiger partial charge in [0, 0.05) is 30.9 Å². The molecule has 1 aromatic carbocycles. The zero-order valence-electron chi connectivity index (χ0n) is 15.3. The van der Waals surface area contributed by atoms with Gasteiger partial charge in [-0.05, 0) is 26.0 Å². The van der Waals surface area contributed by atoms with Gasteiger partial charge in [-0.1, -0.05) is 23.7 Å². The molecule has 148 valence electrons. The molecule has 1 N–H and O–H groups in total. The van der Waals surface area contributed by atoms with Gasteiger partial charge >= 0.3 is 6.18 Å². The Kier molecular flexibility index (Phi) is 5.20. The zero-order chi connectivity index (χ0) is 20.6. The minimum Gasteiger partial charge on any atom is -0.336 e. The number of H-pyrrole nitrogens is 1. The lowest BCUT2D eigenvalue weighted by molar-refractivity contribution is -0.141. The van der Waals surface area contributed by atoms with Crippen LogP contribution in [-0.4, -0.2) is 37.8 Å². The van der Waals surface area contributed by atoms with Gasteiger partial charge in [-0.15, -0.1) is 0 Å². The van der Waals surface area contributed by atoms with E-state index < -0.39 is 17.8 Å². The van der Waals surface area contributed by atoms with Crippen LogP contribution in [0.5, 0.6) is 0 Å². The zero-order valence-corrected chi connectivity index (χ0v) is 16.1. The van der Waals surface area contributed by atoms with Crippen molar-refractivity contribution in [3.63, 3.8) is 0 Å². The number of carbonyl (C=O) groups is 1. The summed E-state index contributed by atoms with van der Waals surface area (Å²) >= 11 is 6.12. The lowest BCUT2D eigenvalue weighted by atomic mass is 10.2. The topological polar surface area (TPSA) is 66.8 Å². The number of amides is 1. The molecule has 2 aromatic heterocycles. The third kappa shape index (κ3) is 3.75. The summed E-state index contributed by atoms with van der Waals surface area (Å²) in [6.45, 7) is 3.78. The molecular weight excluding hydrogens is 395 g/mol. The molecule has 0 saturated carbocycles. The van der Waals surface area contributed by atoms with Crippen LogP contribution in [-0.2, 0) is 12.7 Å². The summed E-state index contributed by atoms with van der Waals surface area (Å²) in [6, 6.07) is 6.99. The molecule has 0 atom stereocenters. The van der Waals surface area contributed by atoms with Crippen LogP contribution in [0.1, 0.15) is 33.1 Å². The second kappa shape index (κ2) is 7.31. The van der Waals surface area contributed by atoms with Crippen LogP contribution in [0, 0.1) is 13.8 Å². The van der Waals surface area contributed by atoms with Crippen LogP contribution in [0.15, 0.2) is 30.3 Å². The number of carbonyl (C=O) groups excluding carboxylic acids is 1. The first-order valence-electron chi connectivity index (χ1n) is 8.27. The number of rotatable bonds is 4. The number of alkyl halides is 3. The lowest BCUT2D eigenvalue weighted by Gasteiger charge is -2.18. The quantitative estimate of drug-likeness (QED) is 0.701. The molecule has 0 aliphatic heterocycles. The van der Waals surface area contributed by atoms with E-state index in [2.05, 4.69) is 15.3 Å². The molecule has 0 radical (unpaired) electrons. The van der Waals surface area contributed by atoms with Crippen molar-refractivity contribution in [3.05, 3.63) is 63.7 Å². The summed E-state index contributed by atoms with van der Waals surface area (Å²) in [6.07, 6.45) is -4.70. The van der Waals surface area contributed by atoms with E-state index in [4.69, 9.17) is 11.6 Å². The fourth-order valence-electron chi connectivity index (χ4n) is 2.79. The van der Waals surface area contributed by atoms with Crippen LogP contribution in [0.2, 0.25) is 5.02 Å². The van der Waals surface area contributed by atoms with Crippen LogP contribution in [0.4, 0.5) is 13.2 Å². The highest BCUT2D eigenvalue weighted by Gasteiger charge is 2.37. The summed E-state index contributed by atoms with van der Waals surface area (Å²) in [5.74, 6) is -0.622. The molecule has 0 bridgehead atoms. The van der Waals surface area contributed by atoms with Crippen molar-refractivity contribution in [2.75, 3.05) is 7.05 Å². The number of nitrogens with one attached hydrogen (secondary N) is 1. The van der Waals surface area contributed by atoms with Gasteiger partial charge in [0.1, 0.15) is 5.69 Å². The number of aromatic nitrogens is 4. The van der Waals surface area contributed by atoms with Gasteiger partial charge < -0.3 is 4.90 Å². The molecule has 0 aliphatic rings. The van der Waals surface area contributed by atoms with Crippen molar-refractivity contribution in [2.24, 2.45) is 0 Å². The van der Waals surface area contributed by atoms with E-state index >= 15 is 0 Å². The Balaban J connectivity index is 2.03. The Hall–Kier alpha value is -2.81. The maximum atomic E-state index is 13.2. The molecule has 0 spiro atoms. The second-order valence-electron chi connectivity index (χ2n) is 6.35. The highest BCUT2D eigenvalue weighted by molar-refractivity contribution is 6.32. The highest BCUT2D eigenvalue weighted by atomic mass is 35.5. The maximum absolute atomic E-state index is 13.2. The van der Waals surface area contributed by atoms with Gasteiger partial charge in [-0.25, -0.2) is 4.68 Å². The van der Waals surface area contributed by atoms with Crippen molar-refractivity contribution in [2.45, 2.75) is 26.6 Å². The molecular formula is C18H17ClF3N5O. The number of para-hydroxylation sites is 1. The third-order valence-corrected chi connectivity index (χ3v) is 4.64. The summed E-state index contributed by atoms with van der Waals surface area (Å²) in [5, 5.41) is 10.7. The smallest absolute Gasteiger partial charge is 0.336 e. The van der Waals surface area contributed by atoms with Gasteiger partial charge in [0.25, 0.3) is 5.91 Å². The average molecular weight is 412 g/mol. The Morgan fingerprint density at radius 1 is 1.29 bits per heavy atom. The van der Waals surface area contributed by atoms with Gasteiger partial charge in [0.15, 0.2) is 5.69 Å². The van der Waals surface area contributed by atoms with E-state index in [0.29, 0.717) is 5.69 Å². The van der Waals surface area contributed by atoms with Crippen LogP contribution in [0.3, 0.4) is 0 Å². The highest BCUT2D eigenvalue weighted by Crippen LogP contribution is 2.31. The Morgan fingerprint density at radius 2 is 1.96 bits per heavy atom. The molecule has 3 aromatic rings. The average Bonchev–Trinajstić information content (AvgIpc) is 3.20. The molecule has 0 saturated heterocycles. The number of halogens is 4. The van der Waals surface area contributed by atoms with Crippen molar-refractivity contribution in [3.8, 4) is 5.69 Å². The van der Waals surface area contributed by atoms with Crippen molar-refractivity contribution in [1.82, 2.24) is 24.9 Å². The van der Waals surface area contributed by atoms with Gasteiger partial charge in [-0.3, -0.25) is 9.89 Å². The van der Waals surface area contributed by atoms with Crippen molar-refractivity contribution in [1.29, 1.82) is 0 Å². The number of benzene rings is 1. The third-order valence-electron chi connectivity index (χ3n) is 4.32. The fourth-order valence-corrected chi connectivity index (χ4v) is 3.01. The molecule has 2 heterocycles. The largest absolute Gasteiger partial charge is 0.435 e. The van der Waals surface area contributed by atoms with Crippen molar-refractivity contribution < 1.29 is 18.0 Å². The summed E-state index contributed by atoms with van der Waals surface area (Å²) in [5.41, 5.74) is 1.09. The monoisotopic (exact) mass is 411 g/mol. The first-order valence-corrected chi connectivity index (χ1v) is 8.65. The normalized spacial score (nSPS) is 11.7. The molecule has 0 unspecified atom stereocenters. The van der Waals surface area contributed by atoms with Crippen LogP contribution in [0.25, 0.3) is 5.69 Å². The number of aryl methyl sites for hydroxylation is 2.